The monoisotopic (exact) mass is 317 g/mol. The summed E-state index contributed by atoms with van der Waals surface area (Å²) in [6.45, 7) is 0.891. The number of aromatic nitrogens is 1. The fourth-order valence-corrected chi connectivity index (χ4v) is 2.29. The maximum atomic E-state index is 12.0. The van der Waals surface area contributed by atoms with Gasteiger partial charge in [-0.3, -0.25) is 4.79 Å². The largest absolute Gasteiger partial charge is 0.322 e. The molecule has 0 saturated carbocycles. The van der Waals surface area contributed by atoms with Crippen molar-refractivity contribution in [3.8, 4) is 0 Å². The van der Waals surface area contributed by atoms with Crippen molar-refractivity contribution in [3.63, 3.8) is 0 Å². The van der Waals surface area contributed by atoms with Crippen molar-refractivity contribution in [2.24, 2.45) is 0 Å². The fraction of sp³-hybridized carbons (Fsp3) is 0.455. The van der Waals surface area contributed by atoms with E-state index in [-0.39, 0.29) is 11.9 Å². The summed E-state index contributed by atoms with van der Waals surface area (Å²) in [7, 11) is 0. The van der Waals surface area contributed by atoms with Crippen molar-refractivity contribution < 1.29 is 4.79 Å². The van der Waals surface area contributed by atoms with Crippen LogP contribution < -0.4 is 10.6 Å². The zero-order chi connectivity index (χ0) is 12.3. The summed E-state index contributed by atoms with van der Waals surface area (Å²) in [5.41, 5.74) is 0.540. The predicted octanol–water partition coefficient (Wildman–Crippen LogP) is 2.58. The Labute approximate surface area is 113 Å². The Morgan fingerprint density at radius 3 is 3.12 bits per heavy atom. The average molecular weight is 319 g/mol. The summed E-state index contributed by atoms with van der Waals surface area (Å²) in [6, 6.07) is 1.62. The molecule has 1 aromatic heterocycles. The third kappa shape index (κ3) is 3.40. The van der Waals surface area contributed by atoms with Gasteiger partial charge in [0.2, 0.25) is 5.91 Å². The predicted molar refractivity (Wildman–Crippen MR) is 71.2 cm³/mol. The van der Waals surface area contributed by atoms with Crippen LogP contribution in [-0.2, 0) is 4.79 Å². The lowest BCUT2D eigenvalue weighted by Crippen LogP contribution is -2.43. The van der Waals surface area contributed by atoms with E-state index in [1.807, 2.05) is 0 Å². The first-order valence-electron chi connectivity index (χ1n) is 5.52. The molecule has 0 bridgehead atoms. The number of carbonyl (C=O) groups excluding carboxylic acids is 1. The van der Waals surface area contributed by atoms with Crippen molar-refractivity contribution in [2.45, 2.75) is 25.3 Å². The Morgan fingerprint density at radius 1 is 1.59 bits per heavy atom. The van der Waals surface area contributed by atoms with Crippen molar-refractivity contribution in [1.82, 2.24) is 10.3 Å². The number of halogens is 2. The highest BCUT2D eigenvalue weighted by Crippen LogP contribution is 2.23. The van der Waals surface area contributed by atoms with Crippen molar-refractivity contribution in [3.05, 3.63) is 21.9 Å². The minimum Gasteiger partial charge on any atom is -0.322 e. The first-order valence-corrected chi connectivity index (χ1v) is 6.69. The third-order valence-corrected chi connectivity index (χ3v) is 3.43. The quantitative estimate of drug-likeness (QED) is 0.824. The molecule has 2 heterocycles. The third-order valence-electron chi connectivity index (χ3n) is 2.69. The average Bonchev–Trinajstić information content (AvgIpc) is 2.35. The topological polar surface area (TPSA) is 54.0 Å². The molecule has 92 valence electrons. The maximum absolute atomic E-state index is 12.0. The van der Waals surface area contributed by atoms with E-state index >= 15 is 0 Å². The van der Waals surface area contributed by atoms with Gasteiger partial charge in [-0.2, -0.15) is 0 Å². The summed E-state index contributed by atoms with van der Waals surface area (Å²) in [6.07, 6.45) is 4.67. The van der Waals surface area contributed by atoms with Crippen LogP contribution in [0, 0.1) is 0 Å². The summed E-state index contributed by atoms with van der Waals surface area (Å²) in [5.74, 6) is -0.0495. The first-order chi connectivity index (χ1) is 8.16. The van der Waals surface area contributed by atoms with E-state index in [9.17, 15) is 4.79 Å². The van der Waals surface area contributed by atoms with E-state index in [1.54, 1.807) is 12.3 Å². The van der Waals surface area contributed by atoms with Crippen molar-refractivity contribution >= 4 is 39.1 Å². The molecule has 6 heteroatoms. The van der Waals surface area contributed by atoms with E-state index in [0.717, 1.165) is 30.3 Å². The molecule has 2 rings (SSSR count). The first kappa shape index (κ1) is 12.8. The summed E-state index contributed by atoms with van der Waals surface area (Å²) in [5, 5.41) is 6.28. The molecule has 17 heavy (non-hydrogen) atoms. The number of nitrogens with one attached hydrogen (secondary N) is 2. The van der Waals surface area contributed by atoms with Gasteiger partial charge in [-0.15, -0.1) is 0 Å². The molecule has 1 fully saturated rings. The normalized spacial score (nSPS) is 20.0. The number of hydrogen-bond acceptors (Lipinski definition) is 3. The molecule has 0 spiro atoms. The van der Waals surface area contributed by atoms with Crippen LogP contribution in [0.3, 0.4) is 0 Å². The molecule has 1 aliphatic heterocycles. The zero-order valence-corrected chi connectivity index (χ0v) is 11.5. The van der Waals surface area contributed by atoms with Crippen molar-refractivity contribution in [2.75, 3.05) is 11.9 Å². The molecule has 4 nitrogen and oxygen atoms in total. The number of hydrogen-bond donors (Lipinski definition) is 2. The fourth-order valence-electron chi connectivity index (χ4n) is 1.81. The summed E-state index contributed by atoms with van der Waals surface area (Å²) in [4.78, 5) is 15.9. The number of anilines is 1. The minimum absolute atomic E-state index is 0.0495. The molecule has 0 aliphatic carbocycles. The second-order valence-electron chi connectivity index (χ2n) is 3.98. The van der Waals surface area contributed by atoms with Gasteiger partial charge in [-0.25, -0.2) is 4.98 Å². The van der Waals surface area contributed by atoms with Gasteiger partial charge in [0.25, 0.3) is 0 Å². The van der Waals surface area contributed by atoms with Gasteiger partial charge in [-0.1, -0.05) is 18.0 Å². The lowest BCUT2D eigenvalue weighted by molar-refractivity contribution is -0.118. The van der Waals surface area contributed by atoms with E-state index in [0.29, 0.717) is 10.8 Å². The lowest BCUT2D eigenvalue weighted by atomic mass is 10.0. The molecule has 1 atom stereocenters. The second kappa shape index (κ2) is 5.80. The van der Waals surface area contributed by atoms with Crippen LogP contribution in [0.2, 0.25) is 5.15 Å². The van der Waals surface area contributed by atoms with Crippen LogP contribution >= 0.6 is 27.5 Å². The second-order valence-corrected chi connectivity index (χ2v) is 5.26. The number of nitrogens with zero attached hydrogens (tertiary/aromatic N) is 1. The smallest absolute Gasteiger partial charge is 0.241 e. The molecular formula is C11H13BrClN3O. The van der Waals surface area contributed by atoms with Gasteiger partial charge >= 0.3 is 0 Å². The number of amides is 1. The van der Waals surface area contributed by atoms with Crippen LogP contribution in [0.1, 0.15) is 19.3 Å². The van der Waals surface area contributed by atoms with E-state index in [2.05, 4.69) is 31.5 Å². The summed E-state index contributed by atoms with van der Waals surface area (Å²) < 4.78 is 0.786. The van der Waals surface area contributed by atoms with Gasteiger partial charge in [0.1, 0.15) is 0 Å². The Bertz CT molecular complexity index is 421. The van der Waals surface area contributed by atoms with Crippen LogP contribution in [-0.4, -0.2) is 23.5 Å². The molecule has 0 unspecified atom stereocenters. The van der Waals surface area contributed by atoms with E-state index in [1.165, 1.54) is 0 Å². The zero-order valence-electron chi connectivity index (χ0n) is 9.17. The Morgan fingerprint density at radius 2 is 2.41 bits per heavy atom. The van der Waals surface area contributed by atoms with Gasteiger partial charge in [-0.05, 0) is 41.4 Å². The van der Waals surface area contributed by atoms with Crippen molar-refractivity contribution in [1.29, 1.82) is 0 Å². The molecular weight excluding hydrogens is 305 g/mol. The van der Waals surface area contributed by atoms with Gasteiger partial charge in [0.15, 0.2) is 5.15 Å². The molecule has 0 aromatic carbocycles. The molecule has 1 aliphatic rings. The number of pyridine rings is 1. The molecule has 2 N–H and O–H groups in total. The van der Waals surface area contributed by atoms with Crippen LogP contribution in [0.5, 0.6) is 0 Å². The maximum Gasteiger partial charge on any atom is 0.241 e. The minimum atomic E-state index is -0.126. The standard InChI is InChI=1S/C11H13BrClN3O/c12-7-5-9(10(13)15-6-7)16-11(17)8-3-1-2-4-14-8/h5-6,8,14H,1-4H2,(H,16,17)/t8-/m1/s1. The lowest BCUT2D eigenvalue weighted by Gasteiger charge is -2.22. The van der Waals surface area contributed by atoms with Crippen LogP contribution in [0.4, 0.5) is 5.69 Å². The number of piperidine rings is 1. The molecule has 1 amide bonds. The Hall–Kier alpha value is -0.650. The molecule has 1 aromatic rings. The van der Waals surface area contributed by atoms with Gasteiger partial charge < -0.3 is 10.6 Å². The SMILES string of the molecule is O=C(Nc1cc(Br)cnc1Cl)[C@H]1CCCCN1. The molecule has 0 radical (unpaired) electrons. The number of carbonyl (C=O) groups is 1. The summed E-state index contributed by atoms with van der Waals surface area (Å²) >= 11 is 9.21. The van der Waals surface area contributed by atoms with Crippen LogP contribution in [0.15, 0.2) is 16.7 Å². The Balaban J connectivity index is 2.04. The highest BCUT2D eigenvalue weighted by molar-refractivity contribution is 9.10. The van der Waals surface area contributed by atoms with Gasteiger partial charge in [0.05, 0.1) is 11.7 Å². The van der Waals surface area contributed by atoms with Gasteiger partial charge in [0, 0.05) is 10.7 Å². The molecule has 1 saturated heterocycles. The highest BCUT2D eigenvalue weighted by atomic mass is 79.9. The highest BCUT2D eigenvalue weighted by Gasteiger charge is 2.21. The van der Waals surface area contributed by atoms with E-state index < -0.39 is 0 Å². The van der Waals surface area contributed by atoms with Crippen LogP contribution in [0.25, 0.3) is 0 Å². The Kier molecular flexibility index (Phi) is 4.36. The number of rotatable bonds is 2. The van der Waals surface area contributed by atoms with E-state index in [4.69, 9.17) is 11.6 Å².